The summed E-state index contributed by atoms with van der Waals surface area (Å²) in [6.07, 6.45) is -5.44. The predicted molar refractivity (Wildman–Crippen MR) is 61.0 cm³/mol. The van der Waals surface area contributed by atoms with Gasteiger partial charge in [0.15, 0.2) is 0 Å². The number of nitrogens with zero attached hydrogens (tertiary/aromatic N) is 1. The maximum atomic E-state index is 12.0. The normalized spacial score (nSPS) is 11.2. The molecule has 4 nitrogen and oxygen atoms in total. The van der Waals surface area contributed by atoms with Crippen LogP contribution in [0.1, 0.15) is 27.1 Å². The summed E-state index contributed by atoms with van der Waals surface area (Å²) in [5.41, 5.74) is -0.0420. The maximum Gasteiger partial charge on any atom is 0.390 e. The molecule has 0 unspecified atom stereocenters. The molecule has 104 valence electrons. The number of carboxylic acid groups (broad SMARTS) is 1. The molecule has 0 spiro atoms. The van der Waals surface area contributed by atoms with Gasteiger partial charge in [-0.3, -0.25) is 4.79 Å². The van der Waals surface area contributed by atoms with E-state index in [2.05, 4.69) is 0 Å². The van der Waals surface area contributed by atoms with Crippen LogP contribution in [0.25, 0.3) is 0 Å². The lowest BCUT2D eigenvalue weighted by Crippen LogP contribution is -2.30. The number of rotatable bonds is 4. The summed E-state index contributed by atoms with van der Waals surface area (Å²) in [6.45, 7) is -0.473. The number of halogens is 3. The zero-order valence-corrected chi connectivity index (χ0v) is 10.1. The van der Waals surface area contributed by atoms with E-state index in [-0.39, 0.29) is 11.1 Å². The van der Waals surface area contributed by atoms with Crippen LogP contribution in [0.15, 0.2) is 24.3 Å². The number of carbonyl (C=O) groups is 2. The predicted octanol–water partition coefficient (Wildman–Crippen LogP) is 2.41. The van der Waals surface area contributed by atoms with E-state index in [9.17, 15) is 22.8 Å². The Hall–Kier alpha value is -2.05. The third-order valence-corrected chi connectivity index (χ3v) is 2.43. The zero-order valence-electron chi connectivity index (χ0n) is 10.1. The number of hydrogen-bond acceptors (Lipinski definition) is 2. The first-order valence-electron chi connectivity index (χ1n) is 5.36. The second kappa shape index (κ2) is 5.73. The molecule has 1 N–H and O–H groups in total. The van der Waals surface area contributed by atoms with Crippen molar-refractivity contribution in [3.8, 4) is 0 Å². The Labute approximate surface area is 107 Å². The number of amides is 1. The van der Waals surface area contributed by atoms with Crippen molar-refractivity contribution in [2.75, 3.05) is 13.6 Å². The molecule has 19 heavy (non-hydrogen) atoms. The van der Waals surface area contributed by atoms with Gasteiger partial charge in [-0.15, -0.1) is 0 Å². The molecular formula is C12H12F3NO3. The Morgan fingerprint density at radius 2 is 1.84 bits per heavy atom. The van der Waals surface area contributed by atoms with Crippen LogP contribution in [-0.4, -0.2) is 41.7 Å². The van der Waals surface area contributed by atoms with E-state index in [0.29, 0.717) is 0 Å². The molecule has 0 atom stereocenters. The summed E-state index contributed by atoms with van der Waals surface area (Å²) in [4.78, 5) is 23.4. The molecule has 0 bridgehead atoms. The molecular weight excluding hydrogens is 263 g/mol. The highest BCUT2D eigenvalue weighted by Crippen LogP contribution is 2.20. The van der Waals surface area contributed by atoms with Crippen molar-refractivity contribution in [1.82, 2.24) is 4.90 Å². The fourth-order valence-electron chi connectivity index (χ4n) is 1.40. The van der Waals surface area contributed by atoms with Gasteiger partial charge in [0.1, 0.15) is 0 Å². The molecule has 0 saturated carbocycles. The van der Waals surface area contributed by atoms with E-state index in [1.165, 1.54) is 25.2 Å². The second-order valence-electron chi connectivity index (χ2n) is 3.98. The SMILES string of the molecule is CN(CCC(F)(F)F)C(=O)c1cccc(C(=O)O)c1. The van der Waals surface area contributed by atoms with Crippen molar-refractivity contribution < 1.29 is 27.9 Å². The number of hydrogen-bond donors (Lipinski definition) is 1. The van der Waals surface area contributed by atoms with Gasteiger partial charge in [0.25, 0.3) is 5.91 Å². The molecule has 0 aromatic heterocycles. The maximum absolute atomic E-state index is 12.0. The molecule has 0 fully saturated rings. The van der Waals surface area contributed by atoms with E-state index in [0.717, 1.165) is 11.0 Å². The quantitative estimate of drug-likeness (QED) is 0.918. The highest BCUT2D eigenvalue weighted by atomic mass is 19.4. The third-order valence-electron chi connectivity index (χ3n) is 2.43. The summed E-state index contributed by atoms with van der Waals surface area (Å²) < 4.78 is 36.1. The van der Waals surface area contributed by atoms with Gasteiger partial charge in [-0.1, -0.05) is 6.07 Å². The van der Waals surface area contributed by atoms with Crippen LogP contribution in [0.5, 0.6) is 0 Å². The first-order valence-corrected chi connectivity index (χ1v) is 5.36. The molecule has 7 heteroatoms. The number of carboxylic acids is 1. The summed E-state index contributed by atoms with van der Waals surface area (Å²) in [7, 11) is 1.24. The minimum Gasteiger partial charge on any atom is -0.478 e. The van der Waals surface area contributed by atoms with Crippen molar-refractivity contribution in [3.63, 3.8) is 0 Å². The van der Waals surface area contributed by atoms with Crippen molar-refractivity contribution >= 4 is 11.9 Å². The van der Waals surface area contributed by atoms with Crippen LogP contribution in [0.4, 0.5) is 13.2 Å². The molecule has 0 saturated heterocycles. The smallest absolute Gasteiger partial charge is 0.390 e. The number of alkyl halides is 3. The second-order valence-corrected chi connectivity index (χ2v) is 3.98. The van der Waals surface area contributed by atoms with Crippen LogP contribution in [0.3, 0.4) is 0 Å². The number of aromatic carboxylic acids is 1. The lowest BCUT2D eigenvalue weighted by atomic mass is 10.1. The van der Waals surface area contributed by atoms with E-state index in [4.69, 9.17) is 5.11 Å². The largest absolute Gasteiger partial charge is 0.478 e. The van der Waals surface area contributed by atoms with E-state index < -0.39 is 31.0 Å². The Kier molecular flexibility index (Phi) is 4.52. The zero-order chi connectivity index (χ0) is 14.6. The Morgan fingerprint density at radius 1 is 1.26 bits per heavy atom. The molecule has 1 rings (SSSR count). The van der Waals surface area contributed by atoms with E-state index >= 15 is 0 Å². The topological polar surface area (TPSA) is 57.6 Å². The van der Waals surface area contributed by atoms with E-state index in [1.54, 1.807) is 0 Å². The molecule has 1 aromatic rings. The van der Waals surface area contributed by atoms with Crippen LogP contribution in [0, 0.1) is 0 Å². The summed E-state index contributed by atoms with van der Waals surface area (Å²) in [5.74, 6) is -1.85. The van der Waals surface area contributed by atoms with Crippen molar-refractivity contribution in [2.45, 2.75) is 12.6 Å². The number of benzene rings is 1. The minimum absolute atomic E-state index is 0.0459. The van der Waals surface area contributed by atoms with Crippen LogP contribution in [0.2, 0.25) is 0 Å². The van der Waals surface area contributed by atoms with Gasteiger partial charge in [0, 0.05) is 19.2 Å². The van der Waals surface area contributed by atoms with E-state index in [1.807, 2.05) is 0 Å². The molecule has 0 heterocycles. The standard InChI is InChI=1S/C12H12F3NO3/c1-16(6-5-12(13,14)15)10(17)8-3-2-4-9(7-8)11(18)19/h2-4,7H,5-6H2,1H3,(H,18,19). The van der Waals surface area contributed by atoms with Gasteiger partial charge in [-0.2, -0.15) is 13.2 Å². The molecule has 1 aromatic carbocycles. The van der Waals surface area contributed by atoms with Gasteiger partial charge in [-0.25, -0.2) is 4.79 Å². The minimum atomic E-state index is -4.34. The first-order chi connectivity index (χ1) is 8.70. The Morgan fingerprint density at radius 3 is 2.37 bits per heavy atom. The fraction of sp³-hybridized carbons (Fsp3) is 0.333. The first kappa shape index (κ1) is 15.0. The molecule has 0 aliphatic heterocycles. The Balaban J connectivity index is 2.77. The van der Waals surface area contributed by atoms with Gasteiger partial charge in [-0.05, 0) is 18.2 Å². The average Bonchev–Trinajstić information content (AvgIpc) is 2.34. The van der Waals surface area contributed by atoms with Crippen molar-refractivity contribution in [3.05, 3.63) is 35.4 Å². The molecule has 0 radical (unpaired) electrons. The Bertz CT molecular complexity index is 485. The molecule has 1 amide bonds. The lowest BCUT2D eigenvalue weighted by Gasteiger charge is -2.18. The van der Waals surface area contributed by atoms with Crippen molar-refractivity contribution in [2.24, 2.45) is 0 Å². The highest BCUT2D eigenvalue weighted by molar-refractivity contribution is 5.97. The number of carbonyl (C=O) groups excluding carboxylic acids is 1. The summed E-state index contributed by atoms with van der Waals surface area (Å²) >= 11 is 0. The lowest BCUT2D eigenvalue weighted by molar-refractivity contribution is -0.136. The van der Waals surface area contributed by atoms with Crippen LogP contribution in [-0.2, 0) is 0 Å². The van der Waals surface area contributed by atoms with Crippen LogP contribution < -0.4 is 0 Å². The van der Waals surface area contributed by atoms with Crippen molar-refractivity contribution in [1.29, 1.82) is 0 Å². The van der Waals surface area contributed by atoms with Crippen LogP contribution >= 0.6 is 0 Å². The molecule has 0 aliphatic rings. The van der Waals surface area contributed by atoms with Gasteiger partial charge >= 0.3 is 12.1 Å². The van der Waals surface area contributed by atoms with Gasteiger partial charge < -0.3 is 10.0 Å². The molecule has 0 aliphatic carbocycles. The average molecular weight is 275 g/mol. The monoisotopic (exact) mass is 275 g/mol. The fourth-order valence-corrected chi connectivity index (χ4v) is 1.40. The third kappa shape index (κ3) is 4.61. The van der Waals surface area contributed by atoms with Gasteiger partial charge in [0.2, 0.25) is 0 Å². The van der Waals surface area contributed by atoms with Gasteiger partial charge in [0.05, 0.1) is 12.0 Å². The highest BCUT2D eigenvalue weighted by Gasteiger charge is 2.28. The summed E-state index contributed by atoms with van der Waals surface area (Å²) in [5, 5.41) is 8.77. The summed E-state index contributed by atoms with van der Waals surface area (Å²) in [6, 6.07) is 5.16.